The van der Waals surface area contributed by atoms with Crippen LogP contribution in [0.15, 0.2) is 0 Å². The van der Waals surface area contributed by atoms with Gasteiger partial charge in [0.15, 0.2) is 0 Å². The number of morpholine rings is 1. The van der Waals surface area contributed by atoms with Crippen LogP contribution in [0.2, 0.25) is 0 Å². The number of amides is 2. The molecular weight excluding hydrogens is 212 g/mol. The molecule has 1 aliphatic rings. The molecule has 1 unspecified atom stereocenters. The van der Waals surface area contributed by atoms with Crippen LogP contribution in [-0.2, 0) is 9.53 Å². The summed E-state index contributed by atoms with van der Waals surface area (Å²) in [5.74, 6) is -0.909. The Bertz CT molecular complexity index is 257. The fourth-order valence-electron chi connectivity index (χ4n) is 1.54. The number of urea groups is 1. The Hall–Kier alpha value is -1.30. The Morgan fingerprint density at radius 2 is 2.31 bits per heavy atom. The molecule has 6 nitrogen and oxygen atoms in total. The maximum Gasteiger partial charge on any atom is 0.317 e. The standard InChI is InChI=1S/C10H18N2O4/c1-2-8-7-12(5-6-16-8)10(15)11-4-3-9(13)14/h8H,2-7H2,1H3,(H,11,15)(H,13,14). The number of nitrogens with zero attached hydrogens (tertiary/aromatic N) is 1. The molecule has 0 aromatic heterocycles. The molecule has 1 saturated heterocycles. The minimum absolute atomic E-state index is 0.0483. The molecule has 0 bridgehead atoms. The topological polar surface area (TPSA) is 78.9 Å². The van der Waals surface area contributed by atoms with E-state index in [2.05, 4.69) is 5.32 Å². The minimum atomic E-state index is -0.909. The highest BCUT2D eigenvalue weighted by atomic mass is 16.5. The molecule has 1 heterocycles. The van der Waals surface area contributed by atoms with E-state index in [9.17, 15) is 9.59 Å². The van der Waals surface area contributed by atoms with Gasteiger partial charge in [0.25, 0.3) is 0 Å². The van der Waals surface area contributed by atoms with Crippen molar-refractivity contribution in [3.63, 3.8) is 0 Å². The summed E-state index contributed by atoms with van der Waals surface area (Å²) in [6, 6.07) is -0.206. The van der Waals surface area contributed by atoms with Gasteiger partial charge in [-0.15, -0.1) is 0 Å². The van der Waals surface area contributed by atoms with E-state index >= 15 is 0 Å². The fourth-order valence-corrected chi connectivity index (χ4v) is 1.54. The highest BCUT2D eigenvalue weighted by Gasteiger charge is 2.22. The van der Waals surface area contributed by atoms with Gasteiger partial charge in [-0.25, -0.2) is 4.79 Å². The van der Waals surface area contributed by atoms with Crippen LogP contribution >= 0.6 is 0 Å². The third-order valence-electron chi connectivity index (χ3n) is 2.50. The summed E-state index contributed by atoms with van der Waals surface area (Å²) in [6.07, 6.45) is 0.922. The van der Waals surface area contributed by atoms with Crippen LogP contribution in [0, 0.1) is 0 Å². The van der Waals surface area contributed by atoms with Gasteiger partial charge >= 0.3 is 12.0 Å². The van der Waals surface area contributed by atoms with E-state index in [-0.39, 0.29) is 25.1 Å². The lowest BCUT2D eigenvalue weighted by molar-refractivity contribution is -0.136. The van der Waals surface area contributed by atoms with Gasteiger partial charge in [0, 0.05) is 19.6 Å². The van der Waals surface area contributed by atoms with Crippen LogP contribution < -0.4 is 5.32 Å². The van der Waals surface area contributed by atoms with Crippen molar-refractivity contribution in [2.45, 2.75) is 25.9 Å². The second kappa shape index (κ2) is 6.32. The normalized spacial score (nSPS) is 20.6. The molecule has 0 aliphatic carbocycles. The number of carboxylic acids is 1. The molecule has 0 aromatic rings. The van der Waals surface area contributed by atoms with Crippen molar-refractivity contribution < 1.29 is 19.4 Å². The number of carboxylic acid groups (broad SMARTS) is 1. The summed E-state index contributed by atoms with van der Waals surface area (Å²) < 4.78 is 5.43. The van der Waals surface area contributed by atoms with Crippen molar-refractivity contribution >= 4 is 12.0 Å². The molecule has 6 heteroatoms. The Kier molecular flexibility index (Phi) is 5.04. The van der Waals surface area contributed by atoms with Gasteiger partial charge in [0.05, 0.1) is 19.1 Å². The molecule has 1 fully saturated rings. The van der Waals surface area contributed by atoms with Crippen molar-refractivity contribution in [1.29, 1.82) is 0 Å². The van der Waals surface area contributed by atoms with E-state index in [4.69, 9.17) is 9.84 Å². The van der Waals surface area contributed by atoms with Crippen molar-refractivity contribution in [3.8, 4) is 0 Å². The lowest BCUT2D eigenvalue weighted by atomic mass is 10.2. The van der Waals surface area contributed by atoms with Gasteiger partial charge in [0.1, 0.15) is 0 Å². The molecule has 0 saturated carbocycles. The second-order valence-corrected chi connectivity index (χ2v) is 3.72. The van der Waals surface area contributed by atoms with Gasteiger partial charge in [-0.05, 0) is 6.42 Å². The van der Waals surface area contributed by atoms with Gasteiger partial charge in [-0.2, -0.15) is 0 Å². The first kappa shape index (κ1) is 12.8. The molecule has 2 N–H and O–H groups in total. The average molecular weight is 230 g/mol. The first-order chi connectivity index (χ1) is 7.63. The predicted molar refractivity (Wildman–Crippen MR) is 57.3 cm³/mol. The zero-order valence-electron chi connectivity index (χ0n) is 9.44. The van der Waals surface area contributed by atoms with E-state index in [0.717, 1.165) is 6.42 Å². The number of hydrogen-bond acceptors (Lipinski definition) is 3. The van der Waals surface area contributed by atoms with Crippen LogP contribution in [0.3, 0.4) is 0 Å². The molecule has 92 valence electrons. The maximum absolute atomic E-state index is 11.6. The largest absolute Gasteiger partial charge is 0.481 e. The molecule has 2 amide bonds. The van der Waals surface area contributed by atoms with Crippen LogP contribution in [-0.4, -0.2) is 54.4 Å². The molecule has 1 atom stereocenters. The van der Waals surface area contributed by atoms with Crippen LogP contribution in [0.25, 0.3) is 0 Å². The minimum Gasteiger partial charge on any atom is -0.481 e. The number of nitrogens with one attached hydrogen (secondary N) is 1. The van der Waals surface area contributed by atoms with Crippen LogP contribution in [0.1, 0.15) is 19.8 Å². The first-order valence-electron chi connectivity index (χ1n) is 5.49. The maximum atomic E-state index is 11.6. The number of ether oxygens (including phenoxy) is 1. The highest BCUT2D eigenvalue weighted by Crippen LogP contribution is 2.07. The monoisotopic (exact) mass is 230 g/mol. The Labute approximate surface area is 94.6 Å². The van der Waals surface area contributed by atoms with E-state index in [1.54, 1.807) is 4.90 Å². The van der Waals surface area contributed by atoms with Gasteiger partial charge in [0.2, 0.25) is 0 Å². The molecule has 16 heavy (non-hydrogen) atoms. The van der Waals surface area contributed by atoms with E-state index < -0.39 is 5.97 Å². The third-order valence-corrected chi connectivity index (χ3v) is 2.50. The molecule has 0 radical (unpaired) electrons. The highest BCUT2D eigenvalue weighted by molar-refractivity contribution is 5.75. The number of aliphatic carboxylic acids is 1. The van der Waals surface area contributed by atoms with Crippen molar-refractivity contribution in [3.05, 3.63) is 0 Å². The van der Waals surface area contributed by atoms with Crippen molar-refractivity contribution in [2.75, 3.05) is 26.2 Å². The first-order valence-corrected chi connectivity index (χ1v) is 5.49. The number of rotatable bonds is 4. The Balaban J connectivity index is 2.27. The summed E-state index contributed by atoms with van der Waals surface area (Å²) in [6.45, 7) is 3.87. The van der Waals surface area contributed by atoms with E-state index in [1.165, 1.54) is 0 Å². The fraction of sp³-hybridized carbons (Fsp3) is 0.800. The molecule has 0 aromatic carbocycles. The zero-order chi connectivity index (χ0) is 12.0. The van der Waals surface area contributed by atoms with Gasteiger partial charge < -0.3 is 20.1 Å². The number of carbonyl (C=O) groups is 2. The van der Waals surface area contributed by atoms with Gasteiger partial charge in [-0.3, -0.25) is 4.79 Å². The average Bonchev–Trinajstić information content (AvgIpc) is 2.28. The Morgan fingerprint density at radius 3 is 2.94 bits per heavy atom. The summed E-state index contributed by atoms with van der Waals surface area (Å²) in [5.41, 5.74) is 0. The SMILES string of the molecule is CCC1CN(C(=O)NCCC(=O)O)CCO1. The molecular formula is C10H18N2O4. The summed E-state index contributed by atoms with van der Waals surface area (Å²) in [7, 11) is 0. The van der Waals surface area contributed by atoms with Gasteiger partial charge in [-0.1, -0.05) is 6.92 Å². The van der Waals surface area contributed by atoms with Crippen molar-refractivity contribution in [1.82, 2.24) is 10.2 Å². The van der Waals surface area contributed by atoms with Crippen molar-refractivity contribution in [2.24, 2.45) is 0 Å². The lowest BCUT2D eigenvalue weighted by Crippen LogP contribution is -2.49. The Morgan fingerprint density at radius 1 is 1.56 bits per heavy atom. The third kappa shape index (κ3) is 4.06. The summed E-state index contributed by atoms with van der Waals surface area (Å²) in [4.78, 5) is 23.5. The molecule has 0 spiro atoms. The summed E-state index contributed by atoms with van der Waals surface area (Å²) in [5, 5.41) is 11.0. The molecule has 1 aliphatic heterocycles. The van der Waals surface area contributed by atoms with Crippen LogP contribution in [0.5, 0.6) is 0 Å². The number of hydrogen-bond donors (Lipinski definition) is 2. The van der Waals surface area contributed by atoms with E-state index in [1.807, 2.05) is 6.92 Å². The predicted octanol–water partition coefficient (Wildman–Crippen LogP) is 0.281. The lowest BCUT2D eigenvalue weighted by Gasteiger charge is -2.32. The quantitative estimate of drug-likeness (QED) is 0.727. The number of carbonyl (C=O) groups excluding carboxylic acids is 1. The zero-order valence-corrected chi connectivity index (χ0v) is 9.44. The molecule has 1 rings (SSSR count). The second-order valence-electron chi connectivity index (χ2n) is 3.72. The summed E-state index contributed by atoms with van der Waals surface area (Å²) >= 11 is 0. The van der Waals surface area contributed by atoms with Crippen LogP contribution in [0.4, 0.5) is 4.79 Å². The van der Waals surface area contributed by atoms with E-state index in [0.29, 0.717) is 19.7 Å². The smallest absolute Gasteiger partial charge is 0.317 e.